The normalized spacial score (nSPS) is 21.9. The molecule has 7 heteroatoms. The largest absolute Gasteiger partial charge is 0.378 e. The number of hydrogen-bond donors (Lipinski definition) is 1. The zero-order chi connectivity index (χ0) is 17.2. The van der Waals surface area contributed by atoms with Crippen molar-refractivity contribution in [1.29, 1.82) is 0 Å². The number of ether oxygens (including phenoxy) is 1. The minimum atomic E-state index is 0.0247. The molecule has 4 rings (SSSR count). The van der Waals surface area contributed by atoms with Crippen molar-refractivity contribution in [2.24, 2.45) is 5.92 Å². The summed E-state index contributed by atoms with van der Waals surface area (Å²) in [4.78, 5) is 29.2. The van der Waals surface area contributed by atoms with Crippen LogP contribution >= 0.6 is 0 Å². The molecule has 0 atom stereocenters. The molecule has 2 aliphatic heterocycles. The van der Waals surface area contributed by atoms with Crippen molar-refractivity contribution < 1.29 is 14.3 Å². The lowest BCUT2D eigenvalue weighted by Crippen LogP contribution is -2.47. The van der Waals surface area contributed by atoms with E-state index in [1.54, 1.807) is 0 Å². The number of carbonyl (C=O) groups excluding carboxylic acids is 2. The second kappa shape index (κ2) is 7.15. The molecule has 0 radical (unpaired) electrons. The second-order valence-electron chi connectivity index (χ2n) is 7.24. The second-order valence-corrected chi connectivity index (χ2v) is 7.24. The number of aromatic nitrogens is 2. The Labute approximate surface area is 147 Å². The molecule has 1 aromatic heterocycles. The average molecular weight is 346 g/mol. The van der Waals surface area contributed by atoms with Gasteiger partial charge in [-0.3, -0.25) is 14.7 Å². The van der Waals surface area contributed by atoms with Crippen LogP contribution in [0.2, 0.25) is 0 Å². The topological polar surface area (TPSA) is 78.5 Å². The monoisotopic (exact) mass is 346 g/mol. The molecule has 7 nitrogen and oxygen atoms in total. The number of piperidine rings is 1. The van der Waals surface area contributed by atoms with E-state index in [9.17, 15) is 9.59 Å². The van der Waals surface area contributed by atoms with Crippen molar-refractivity contribution in [3.05, 3.63) is 17.0 Å². The fraction of sp³-hybridized carbons (Fsp3) is 0.722. The lowest BCUT2D eigenvalue weighted by atomic mass is 9.93. The average Bonchev–Trinajstić information content (AvgIpc) is 3.12. The molecule has 3 heterocycles. The minimum absolute atomic E-state index is 0.0247. The SMILES string of the molecule is O=C(c1n[nH]c2c1CCCC2)N1CCC(C(=O)N2CCOCC2)CC1. The molecule has 0 aromatic carbocycles. The Balaban J connectivity index is 1.36. The van der Waals surface area contributed by atoms with Crippen LogP contribution in [0.25, 0.3) is 0 Å². The van der Waals surface area contributed by atoms with Gasteiger partial charge in [0.05, 0.1) is 13.2 Å². The van der Waals surface area contributed by atoms with Crippen LogP contribution in [-0.4, -0.2) is 71.2 Å². The van der Waals surface area contributed by atoms with Gasteiger partial charge in [0.1, 0.15) is 0 Å². The Morgan fingerprint density at radius 1 is 1.00 bits per heavy atom. The first-order chi connectivity index (χ1) is 12.2. The summed E-state index contributed by atoms with van der Waals surface area (Å²) in [6.45, 7) is 3.93. The summed E-state index contributed by atoms with van der Waals surface area (Å²) in [7, 11) is 0. The first-order valence-electron chi connectivity index (χ1n) is 9.46. The van der Waals surface area contributed by atoms with Gasteiger partial charge in [0.25, 0.3) is 5.91 Å². The molecule has 2 fully saturated rings. The van der Waals surface area contributed by atoms with Crippen LogP contribution < -0.4 is 0 Å². The molecule has 2 amide bonds. The number of likely N-dealkylation sites (tertiary alicyclic amines) is 1. The van der Waals surface area contributed by atoms with E-state index in [-0.39, 0.29) is 17.7 Å². The lowest BCUT2D eigenvalue weighted by Gasteiger charge is -2.35. The number of H-pyrrole nitrogens is 1. The third kappa shape index (κ3) is 3.29. The quantitative estimate of drug-likeness (QED) is 0.866. The van der Waals surface area contributed by atoms with Gasteiger partial charge in [-0.1, -0.05) is 0 Å². The molecule has 1 aromatic rings. The van der Waals surface area contributed by atoms with Gasteiger partial charge in [0.2, 0.25) is 5.91 Å². The Morgan fingerprint density at radius 3 is 2.48 bits per heavy atom. The van der Waals surface area contributed by atoms with Crippen molar-refractivity contribution in [2.45, 2.75) is 38.5 Å². The molecule has 136 valence electrons. The number of rotatable bonds is 2. The fourth-order valence-corrected chi connectivity index (χ4v) is 4.18. The van der Waals surface area contributed by atoms with Gasteiger partial charge in [-0.05, 0) is 38.5 Å². The number of aryl methyl sites for hydroxylation is 1. The number of aromatic amines is 1. The number of amides is 2. The molecule has 1 N–H and O–H groups in total. The molecular weight excluding hydrogens is 320 g/mol. The third-order valence-corrected chi connectivity index (χ3v) is 5.71. The Bertz CT molecular complexity index is 643. The summed E-state index contributed by atoms with van der Waals surface area (Å²) in [6.07, 6.45) is 5.72. The van der Waals surface area contributed by atoms with Gasteiger partial charge in [-0.2, -0.15) is 5.10 Å². The van der Waals surface area contributed by atoms with E-state index in [4.69, 9.17) is 4.74 Å². The highest BCUT2D eigenvalue weighted by molar-refractivity contribution is 5.94. The number of carbonyl (C=O) groups is 2. The zero-order valence-corrected chi connectivity index (χ0v) is 14.6. The molecule has 25 heavy (non-hydrogen) atoms. The molecule has 0 unspecified atom stereocenters. The first kappa shape index (κ1) is 16.6. The van der Waals surface area contributed by atoms with Gasteiger partial charge in [-0.15, -0.1) is 0 Å². The lowest BCUT2D eigenvalue weighted by molar-refractivity contribution is -0.141. The highest BCUT2D eigenvalue weighted by atomic mass is 16.5. The van der Waals surface area contributed by atoms with Gasteiger partial charge in [0, 0.05) is 43.4 Å². The third-order valence-electron chi connectivity index (χ3n) is 5.71. The van der Waals surface area contributed by atoms with Gasteiger partial charge < -0.3 is 14.5 Å². The Hall–Kier alpha value is -1.89. The van der Waals surface area contributed by atoms with E-state index in [0.29, 0.717) is 45.1 Å². The summed E-state index contributed by atoms with van der Waals surface area (Å²) in [6, 6.07) is 0. The summed E-state index contributed by atoms with van der Waals surface area (Å²) >= 11 is 0. The summed E-state index contributed by atoms with van der Waals surface area (Å²) in [5.41, 5.74) is 2.85. The van der Waals surface area contributed by atoms with Crippen LogP contribution in [-0.2, 0) is 22.4 Å². The van der Waals surface area contributed by atoms with E-state index in [1.807, 2.05) is 9.80 Å². The summed E-state index contributed by atoms with van der Waals surface area (Å²) < 4.78 is 5.32. The van der Waals surface area contributed by atoms with Crippen LogP contribution in [0.15, 0.2) is 0 Å². The summed E-state index contributed by atoms with van der Waals surface area (Å²) in [5, 5.41) is 7.34. The van der Waals surface area contributed by atoms with Gasteiger partial charge in [-0.25, -0.2) is 0 Å². The molecule has 1 aliphatic carbocycles. The van der Waals surface area contributed by atoms with Crippen molar-refractivity contribution in [1.82, 2.24) is 20.0 Å². The van der Waals surface area contributed by atoms with E-state index in [2.05, 4.69) is 10.2 Å². The van der Waals surface area contributed by atoms with Crippen LogP contribution in [0, 0.1) is 5.92 Å². The van der Waals surface area contributed by atoms with Crippen molar-refractivity contribution >= 4 is 11.8 Å². The zero-order valence-electron chi connectivity index (χ0n) is 14.6. The van der Waals surface area contributed by atoms with Crippen LogP contribution in [0.3, 0.4) is 0 Å². The Morgan fingerprint density at radius 2 is 1.72 bits per heavy atom. The fourth-order valence-electron chi connectivity index (χ4n) is 4.18. The smallest absolute Gasteiger partial charge is 0.274 e. The maximum atomic E-state index is 12.8. The van der Waals surface area contributed by atoms with E-state index < -0.39 is 0 Å². The van der Waals surface area contributed by atoms with E-state index in [1.165, 1.54) is 0 Å². The van der Waals surface area contributed by atoms with E-state index in [0.717, 1.165) is 49.8 Å². The molecule has 3 aliphatic rings. The number of morpholine rings is 1. The number of fused-ring (bicyclic) bond motifs is 1. The van der Waals surface area contributed by atoms with Crippen molar-refractivity contribution in [3.8, 4) is 0 Å². The maximum Gasteiger partial charge on any atom is 0.274 e. The van der Waals surface area contributed by atoms with Crippen LogP contribution in [0.4, 0.5) is 0 Å². The molecule has 0 saturated carbocycles. The minimum Gasteiger partial charge on any atom is -0.378 e. The number of nitrogens with zero attached hydrogens (tertiary/aromatic N) is 3. The summed E-state index contributed by atoms with van der Waals surface area (Å²) in [5.74, 6) is 0.291. The maximum absolute atomic E-state index is 12.8. The highest BCUT2D eigenvalue weighted by Gasteiger charge is 2.33. The Kier molecular flexibility index (Phi) is 4.74. The van der Waals surface area contributed by atoms with Gasteiger partial charge >= 0.3 is 0 Å². The highest BCUT2D eigenvalue weighted by Crippen LogP contribution is 2.26. The van der Waals surface area contributed by atoms with Crippen molar-refractivity contribution in [2.75, 3.05) is 39.4 Å². The number of nitrogens with one attached hydrogen (secondary N) is 1. The molecule has 2 saturated heterocycles. The molecule has 0 bridgehead atoms. The number of hydrogen-bond acceptors (Lipinski definition) is 4. The first-order valence-corrected chi connectivity index (χ1v) is 9.46. The van der Waals surface area contributed by atoms with Gasteiger partial charge in [0.15, 0.2) is 5.69 Å². The van der Waals surface area contributed by atoms with Crippen LogP contribution in [0.5, 0.6) is 0 Å². The van der Waals surface area contributed by atoms with E-state index >= 15 is 0 Å². The molecule has 0 spiro atoms. The molecular formula is C18H26N4O3. The predicted octanol–water partition coefficient (Wildman–Crippen LogP) is 1.000. The standard InChI is InChI=1S/C18H26N4O3/c23-17(22-9-11-25-12-10-22)13-5-7-21(8-6-13)18(24)16-14-3-1-2-4-15(14)19-20-16/h13H,1-12H2,(H,19,20). The predicted molar refractivity (Wildman–Crippen MR) is 91.3 cm³/mol. The van der Waals surface area contributed by atoms with Crippen LogP contribution in [0.1, 0.15) is 47.4 Å². The van der Waals surface area contributed by atoms with Crippen molar-refractivity contribution in [3.63, 3.8) is 0 Å².